The number of fused-ring (bicyclic) bond motifs is 1. The summed E-state index contributed by atoms with van der Waals surface area (Å²) in [5, 5.41) is 14.8. The van der Waals surface area contributed by atoms with Crippen LogP contribution in [-0.2, 0) is 4.74 Å². The average molecular weight is 431 g/mol. The number of nitrogens with zero attached hydrogens (tertiary/aromatic N) is 5. The number of hydrogen-bond acceptors (Lipinski definition) is 8. The van der Waals surface area contributed by atoms with Crippen molar-refractivity contribution in [3.8, 4) is 0 Å². The molecule has 160 valence electrons. The van der Waals surface area contributed by atoms with E-state index in [0.717, 1.165) is 29.7 Å². The summed E-state index contributed by atoms with van der Waals surface area (Å²) >= 11 is 1.49. The number of ether oxygens (including phenoxy) is 1. The number of piperidine rings is 1. The van der Waals surface area contributed by atoms with Gasteiger partial charge in [0.2, 0.25) is 0 Å². The number of amides is 1. The molecule has 2 aliphatic heterocycles. The highest BCUT2D eigenvalue weighted by Gasteiger charge is 2.32. The maximum absolute atomic E-state index is 12.6. The van der Waals surface area contributed by atoms with Crippen LogP contribution in [0.1, 0.15) is 50.6 Å². The summed E-state index contributed by atoms with van der Waals surface area (Å²) < 4.78 is 7.42. The predicted molar refractivity (Wildman–Crippen MR) is 116 cm³/mol. The molecule has 1 fully saturated rings. The largest absolute Gasteiger partial charge is 0.514 e. The standard InChI is InChI=1S/C20H26N6O3S/c1-20(2,3)29-19(28)25-8-4-5-12(9-25)26-18-15(17(21)22-11-23-18)16(24-26)14-7-6-13(10-27)30-14/h6-7,10-12,14,27H,4-5,8-9H2,1-3H3,(H2,21,22,23)/t12-,14?/m1/s1. The Hall–Kier alpha value is -2.75. The third-order valence-corrected chi connectivity index (χ3v) is 6.18. The van der Waals surface area contributed by atoms with Crippen LogP contribution in [0.3, 0.4) is 0 Å². The number of nitrogen functional groups attached to an aromatic ring is 1. The summed E-state index contributed by atoms with van der Waals surface area (Å²) in [5.74, 6) is 0.372. The van der Waals surface area contributed by atoms with Crippen LogP contribution in [0.2, 0.25) is 0 Å². The van der Waals surface area contributed by atoms with Crippen LogP contribution < -0.4 is 5.73 Å². The van der Waals surface area contributed by atoms with Gasteiger partial charge in [0, 0.05) is 18.0 Å². The second-order valence-corrected chi connectivity index (χ2v) is 9.65. The van der Waals surface area contributed by atoms with Crippen molar-refractivity contribution in [3.05, 3.63) is 35.3 Å². The molecule has 0 aliphatic carbocycles. The van der Waals surface area contributed by atoms with Gasteiger partial charge in [-0.25, -0.2) is 19.4 Å². The van der Waals surface area contributed by atoms with Crippen LogP contribution in [-0.4, -0.2) is 54.5 Å². The zero-order valence-corrected chi connectivity index (χ0v) is 18.1. The fraction of sp³-hybridized carbons (Fsp3) is 0.500. The highest BCUT2D eigenvalue weighted by Crippen LogP contribution is 2.44. The molecular weight excluding hydrogens is 404 g/mol. The Morgan fingerprint density at radius 1 is 1.40 bits per heavy atom. The van der Waals surface area contributed by atoms with E-state index in [2.05, 4.69) is 9.97 Å². The fourth-order valence-corrected chi connectivity index (χ4v) is 4.70. The van der Waals surface area contributed by atoms with Crippen molar-refractivity contribution in [3.63, 3.8) is 0 Å². The van der Waals surface area contributed by atoms with Crippen molar-refractivity contribution < 1.29 is 14.6 Å². The van der Waals surface area contributed by atoms with Crippen LogP contribution in [0.5, 0.6) is 0 Å². The molecular formula is C20H26N6O3S. The number of rotatable bonds is 2. The van der Waals surface area contributed by atoms with Crippen LogP contribution >= 0.6 is 11.8 Å². The molecule has 2 aromatic rings. The Balaban J connectivity index is 1.67. The number of aromatic nitrogens is 4. The molecule has 1 unspecified atom stereocenters. The number of carbonyl (C=O) groups is 1. The fourth-order valence-electron chi connectivity index (χ4n) is 3.75. The summed E-state index contributed by atoms with van der Waals surface area (Å²) in [7, 11) is 0. The molecule has 1 saturated heterocycles. The van der Waals surface area contributed by atoms with Gasteiger partial charge in [-0.1, -0.05) is 6.08 Å². The number of allylic oxidation sites excluding steroid dienone is 1. The van der Waals surface area contributed by atoms with Gasteiger partial charge in [0.15, 0.2) is 5.65 Å². The second kappa shape index (κ2) is 7.82. The number of thioether (sulfide) groups is 1. The molecule has 0 saturated carbocycles. The number of aliphatic hydroxyl groups excluding tert-OH is 1. The smallest absolute Gasteiger partial charge is 0.410 e. The van der Waals surface area contributed by atoms with E-state index in [0.29, 0.717) is 29.9 Å². The van der Waals surface area contributed by atoms with Crippen molar-refractivity contribution in [2.75, 3.05) is 18.8 Å². The molecule has 2 aliphatic rings. The van der Waals surface area contributed by atoms with E-state index in [9.17, 15) is 9.90 Å². The minimum absolute atomic E-state index is 0.0416. The van der Waals surface area contributed by atoms with E-state index in [1.54, 1.807) is 4.90 Å². The van der Waals surface area contributed by atoms with Crippen LogP contribution in [0.4, 0.5) is 10.6 Å². The molecule has 4 rings (SSSR count). The van der Waals surface area contributed by atoms with Crippen molar-refractivity contribution in [2.45, 2.75) is 50.5 Å². The van der Waals surface area contributed by atoms with Gasteiger partial charge in [0.05, 0.1) is 28.6 Å². The second-order valence-electron chi connectivity index (χ2n) is 8.44. The molecule has 3 N–H and O–H groups in total. The molecule has 0 radical (unpaired) electrons. The number of nitrogens with two attached hydrogens (primary N) is 1. The highest BCUT2D eigenvalue weighted by atomic mass is 32.2. The molecule has 30 heavy (non-hydrogen) atoms. The first-order valence-electron chi connectivity index (χ1n) is 9.92. The van der Waals surface area contributed by atoms with Crippen LogP contribution in [0.25, 0.3) is 11.0 Å². The van der Waals surface area contributed by atoms with Gasteiger partial charge in [-0.3, -0.25) is 0 Å². The number of aliphatic hydroxyl groups is 1. The minimum atomic E-state index is -0.540. The third-order valence-electron chi connectivity index (χ3n) is 5.03. The SMILES string of the molecule is CC(C)(C)OC(=O)N1CCC[C@@H](n2nc(C3C=CC(=CO)S3)c3c(N)ncnc32)C1. The molecule has 0 bridgehead atoms. The van der Waals surface area contributed by atoms with Crippen LogP contribution in [0, 0.1) is 0 Å². The summed E-state index contributed by atoms with van der Waals surface area (Å²) in [4.78, 5) is 23.7. The quantitative estimate of drug-likeness (QED) is 0.692. The van der Waals surface area contributed by atoms with E-state index >= 15 is 0 Å². The lowest BCUT2D eigenvalue weighted by atomic mass is 10.1. The van der Waals surface area contributed by atoms with E-state index < -0.39 is 5.60 Å². The lowest BCUT2D eigenvalue weighted by molar-refractivity contribution is 0.0169. The molecule has 2 aromatic heterocycles. The number of hydrogen-bond donors (Lipinski definition) is 2. The molecule has 2 atom stereocenters. The van der Waals surface area contributed by atoms with Gasteiger partial charge >= 0.3 is 6.09 Å². The Morgan fingerprint density at radius 2 is 2.20 bits per heavy atom. The maximum atomic E-state index is 12.6. The Bertz CT molecular complexity index is 1030. The molecule has 0 spiro atoms. The van der Waals surface area contributed by atoms with Crippen molar-refractivity contribution in [2.24, 2.45) is 0 Å². The van der Waals surface area contributed by atoms with Gasteiger partial charge < -0.3 is 20.5 Å². The monoisotopic (exact) mass is 430 g/mol. The van der Waals surface area contributed by atoms with E-state index in [1.165, 1.54) is 18.1 Å². The first kappa shape index (κ1) is 20.5. The van der Waals surface area contributed by atoms with Gasteiger partial charge in [0.1, 0.15) is 17.7 Å². The lowest BCUT2D eigenvalue weighted by Gasteiger charge is -2.34. The van der Waals surface area contributed by atoms with Crippen molar-refractivity contribution in [1.29, 1.82) is 0 Å². The number of carbonyl (C=O) groups excluding carboxylic acids is 1. The predicted octanol–water partition coefficient (Wildman–Crippen LogP) is 3.72. The third kappa shape index (κ3) is 3.96. The van der Waals surface area contributed by atoms with Gasteiger partial charge in [-0.2, -0.15) is 5.10 Å². The van der Waals surface area contributed by atoms with E-state index in [1.807, 2.05) is 37.6 Å². The topological polar surface area (TPSA) is 119 Å². The van der Waals surface area contributed by atoms with Crippen molar-refractivity contribution >= 4 is 34.7 Å². The Labute approximate surface area is 179 Å². The molecule has 4 heterocycles. The summed E-state index contributed by atoms with van der Waals surface area (Å²) in [6.45, 7) is 6.73. The highest BCUT2D eigenvalue weighted by molar-refractivity contribution is 8.03. The lowest BCUT2D eigenvalue weighted by Crippen LogP contribution is -2.43. The first-order chi connectivity index (χ1) is 14.3. The van der Waals surface area contributed by atoms with Gasteiger partial charge in [-0.15, -0.1) is 11.8 Å². The van der Waals surface area contributed by atoms with E-state index in [-0.39, 0.29) is 17.4 Å². The van der Waals surface area contributed by atoms with Crippen molar-refractivity contribution in [1.82, 2.24) is 24.6 Å². The normalized spacial score (nSPS) is 23.4. The van der Waals surface area contributed by atoms with E-state index in [4.69, 9.17) is 15.6 Å². The number of anilines is 1. The first-order valence-corrected chi connectivity index (χ1v) is 10.8. The average Bonchev–Trinajstić information content (AvgIpc) is 3.32. The Morgan fingerprint density at radius 3 is 2.90 bits per heavy atom. The molecule has 1 amide bonds. The summed E-state index contributed by atoms with van der Waals surface area (Å²) in [6.07, 6.45) is 7.74. The van der Waals surface area contributed by atoms with Crippen LogP contribution in [0.15, 0.2) is 29.6 Å². The zero-order valence-electron chi connectivity index (χ0n) is 17.3. The summed E-state index contributed by atoms with van der Waals surface area (Å²) in [5.41, 5.74) is 7.07. The summed E-state index contributed by atoms with van der Waals surface area (Å²) in [6, 6.07) is -0.0416. The molecule has 0 aromatic carbocycles. The molecule has 10 heteroatoms. The zero-order chi connectivity index (χ0) is 21.5. The Kier molecular flexibility index (Phi) is 5.35. The number of likely N-dealkylation sites (tertiary alicyclic amines) is 1. The minimum Gasteiger partial charge on any atom is -0.514 e. The molecule has 9 nitrogen and oxygen atoms in total. The van der Waals surface area contributed by atoms with Gasteiger partial charge in [0.25, 0.3) is 0 Å². The maximum Gasteiger partial charge on any atom is 0.410 e. The van der Waals surface area contributed by atoms with Gasteiger partial charge in [-0.05, 0) is 39.7 Å².